The zero-order chi connectivity index (χ0) is 9.14. The first-order chi connectivity index (χ1) is 5.61. The highest BCUT2D eigenvalue weighted by atomic mass is 16.7. The number of carbonyl (C=O) groups excluding carboxylic acids is 1. The van der Waals surface area contributed by atoms with Crippen LogP contribution < -0.4 is 0 Å². The van der Waals surface area contributed by atoms with Gasteiger partial charge in [0.2, 0.25) is 0 Å². The Morgan fingerprint density at radius 1 is 1.83 bits per heavy atom. The lowest BCUT2D eigenvalue weighted by molar-refractivity contribution is 0.176. The lowest BCUT2D eigenvalue weighted by Crippen LogP contribution is -2.16. The Kier molecular flexibility index (Phi) is 2.44. The Morgan fingerprint density at radius 2 is 2.50 bits per heavy atom. The third-order valence-electron chi connectivity index (χ3n) is 1.36. The lowest BCUT2D eigenvalue weighted by atomic mass is 10.3. The Labute approximate surface area is 70.6 Å². The van der Waals surface area contributed by atoms with Crippen LogP contribution in [-0.2, 0) is 4.84 Å². The van der Waals surface area contributed by atoms with Gasteiger partial charge in [0, 0.05) is 6.10 Å². The van der Waals surface area contributed by atoms with E-state index in [-0.39, 0.29) is 0 Å². The molecule has 0 radical (unpaired) electrons. The van der Waals surface area contributed by atoms with Crippen molar-refractivity contribution in [2.75, 3.05) is 7.05 Å². The summed E-state index contributed by atoms with van der Waals surface area (Å²) in [7, 11) is 1.54. The molecule has 1 heterocycles. The quantitative estimate of drug-likeness (QED) is 0.623. The maximum atomic E-state index is 10.7. The summed E-state index contributed by atoms with van der Waals surface area (Å²) in [6.45, 7) is 1.61. The highest BCUT2D eigenvalue weighted by Crippen LogP contribution is 2.21. The molecule has 0 aliphatic carbocycles. The van der Waals surface area contributed by atoms with Crippen LogP contribution >= 0.6 is 0 Å². The molecule has 1 N–H and O–H groups in total. The summed E-state index contributed by atoms with van der Waals surface area (Å²) in [6.07, 6.45) is 1.96. The largest absolute Gasteiger partial charge is 0.459 e. The van der Waals surface area contributed by atoms with E-state index in [0.29, 0.717) is 5.82 Å². The minimum atomic E-state index is -0.559. The van der Waals surface area contributed by atoms with Crippen molar-refractivity contribution in [3.05, 3.63) is 23.8 Å². The van der Waals surface area contributed by atoms with Gasteiger partial charge in [-0.1, -0.05) is 14.0 Å². The topological polar surface area (TPSA) is 63.9 Å². The second-order valence-corrected chi connectivity index (χ2v) is 2.47. The van der Waals surface area contributed by atoms with Gasteiger partial charge < -0.3 is 20.3 Å². The SMILES string of the molecule is CC(O)[CH-]C=C1[N-]OC(=O)N1C. The van der Waals surface area contributed by atoms with E-state index >= 15 is 0 Å². The fourth-order valence-corrected chi connectivity index (χ4v) is 0.669. The van der Waals surface area contributed by atoms with E-state index in [1.54, 1.807) is 14.0 Å². The molecular formula is C7H10N2O3-2. The molecule has 1 fully saturated rings. The number of nitrogens with zero attached hydrogens (tertiary/aromatic N) is 2. The molecule has 0 aromatic rings. The van der Waals surface area contributed by atoms with Crippen LogP contribution in [0.1, 0.15) is 6.92 Å². The first-order valence-electron chi connectivity index (χ1n) is 3.50. The second kappa shape index (κ2) is 3.36. The van der Waals surface area contributed by atoms with E-state index in [0.717, 1.165) is 0 Å². The highest BCUT2D eigenvalue weighted by Gasteiger charge is 2.05. The number of amides is 1. The van der Waals surface area contributed by atoms with E-state index < -0.39 is 12.2 Å². The predicted octanol–water partition coefficient (Wildman–Crippen LogP) is 0.784. The van der Waals surface area contributed by atoms with Crippen molar-refractivity contribution >= 4 is 6.09 Å². The van der Waals surface area contributed by atoms with E-state index in [1.807, 2.05) is 0 Å². The average molecular weight is 170 g/mol. The van der Waals surface area contributed by atoms with Gasteiger partial charge in [0.05, 0.1) is 0 Å². The number of rotatable bonds is 2. The van der Waals surface area contributed by atoms with Crippen LogP contribution in [0.4, 0.5) is 4.79 Å². The third-order valence-corrected chi connectivity index (χ3v) is 1.36. The van der Waals surface area contributed by atoms with Crippen molar-refractivity contribution in [3.63, 3.8) is 0 Å². The van der Waals surface area contributed by atoms with Crippen LogP contribution in [0, 0.1) is 6.42 Å². The van der Waals surface area contributed by atoms with Crippen LogP contribution in [0.25, 0.3) is 5.48 Å². The normalized spacial score (nSPS) is 22.1. The smallest absolute Gasteiger partial charge is 0.320 e. The Balaban J connectivity index is 2.53. The number of carbonyl (C=O) groups is 1. The molecule has 1 aliphatic heterocycles. The zero-order valence-electron chi connectivity index (χ0n) is 6.89. The van der Waals surface area contributed by atoms with Gasteiger partial charge >= 0.3 is 6.09 Å². The molecule has 1 atom stereocenters. The fourth-order valence-electron chi connectivity index (χ4n) is 0.669. The van der Waals surface area contributed by atoms with Crippen molar-refractivity contribution in [1.29, 1.82) is 0 Å². The molecule has 12 heavy (non-hydrogen) atoms. The van der Waals surface area contributed by atoms with Gasteiger partial charge in [0.1, 0.15) is 0 Å². The summed E-state index contributed by atoms with van der Waals surface area (Å²) >= 11 is 0. The monoisotopic (exact) mass is 170 g/mol. The molecule has 0 spiro atoms. The minimum Gasteiger partial charge on any atom is -0.459 e. The van der Waals surface area contributed by atoms with Crippen LogP contribution in [0.15, 0.2) is 11.9 Å². The van der Waals surface area contributed by atoms with Gasteiger partial charge in [0.25, 0.3) is 0 Å². The lowest BCUT2D eigenvalue weighted by Gasteiger charge is -2.25. The standard InChI is InChI=1S/C7H10N2O3/c1-5(10)3-4-6-8-12-7(11)9(6)2/h3-5,10H,1-2H3/q-2. The maximum Gasteiger partial charge on any atom is 0.320 e. The summed E-state index contributed by atoms with van der Waals surface area (Å²) in [5.41, 5.74) is 3.46. The Hall–Kier alpha value is -1.36. The van der Waals surface area contributed by atoms with Crippen molar-refractivity contribution in [2.45, 2.75) is 13.0 Å². The molecular weight excluding hydrogens is 160 g/mol. The van der Waals surface area contributed by atoms with Crippen molar-refractivity contribution in [3.8, 4) is 0 Å². The second-order valence-electron chi connectivity index (χ2n) is 2.47. The van der Waals surface area contributed by atoms with Crippen LogP contribution in [-0.4, -0.2) is 29.3 Å². The first-order valence-corrected chi connectivity index (χ1v) is 3.50. The number of hydroxylamine groups is 1. The zero-order valence-corrected chi connectivity index (χ0v) is 6.89. The van der Waals surface area contributed by atoms with Crippen LogP contribution in [0.2, 0.25) is 0 Å². The van der Waals surface area contributed by atoms with Crippen molar-refractivity contribution in [2.24, 2.45) is 0 Å². The number of hydrogen-bond acceptors (Lipinski definition) is 3. The maximum absolute atomic E-state index is 10.7. The summed E-state index contributed by atoms with van der Waals surface area (Å²) in [5.74, 6) is 0.390. The van der Waals surface area contributed by atoms with Crippen LogP contribution in [0.3, 0.4) is 0 Å². The van der Waals surface area contributed by atoms with Gasteiger partial charge in [-0.15, -0.1) is 0 Å². The number of aliphatic hydroxyl groups excluding tert-OH is 1. The van der Waals surface area contributed by atoms with Crippen molar-refractivity contribution in [1.82, 2.24) is 4.90 Å². The van der Waals surface area contributed by atoms with Crippen LogP contribution in [0.5, 0.6) is 0 Å². The molecule has 1 saturated heterocycles. The third kappa shape index (κ3) is 1.82. The van der Waals surface area contributed by atoms with Gasteiger partial charge in [-0.2, -0.15) is 5.82 Å². The highest BCUT2D eigenvalue weighted by molar-refractivity contribution is 5.74. The summed E-state index contributed by atoms with van der Waals surface area (Å²) in [4.78, 5) is 16.3. The predicted molar refractivity (Wildman–Crippen MR) is 41.7 cm³/mol. The molecule has 1 unspecified atom stereocenters. The number of hydrogen-bond donors (Lipinski definition) is 1. The molecule has 0 aromatic heterocycles. The molecule has 1 aliphatic rings. The molecule has 0 aromatic carbocycles. The van der Waals surface area contributed by atoms with Gasteiger partial charge in [-0.05, 0) is 0 Å². The van der Waals surface area contributed by atoms with Gasteiger partial charge in [-0.3, -0.25) is 4.79 Å². The van der Waals surface area contributed by atoms with E-state index in [9.17, 15) is 4.79 Å². The summed E-state index contributed by atoms with van der Waals surface area (Å²) in [6, 6.07) is 0. The minimum absolute atomic E-state index is 0.390. The summed E-state index contributed by atoms with van der Waals surface area (Å²) in [5, 5.41) is 8.88. The fraction of sp³-hybridized carbons (Fsp3) is 0.429. The Morgan fingerprint density at radius 3 is 2.92 bits per heavy atom. The molecule has 1 amide bonds. The molecule has 1 rings (SSSR count). The number of aliphatic hydroxyl groups is 1. The van der Waals surface area contributed by atoms with Crippen molar-refractivity contribution < 1.29 is 14.7 Å². The molecule has 5 heteroatoms. The molecule has 68 valence electrons. The van der Waals surface area contributed by atoms with E-state index in [2.05, 4.69) is 10.3 Å². The average Bonchev–Trinajstić information content (AvgIpc) is 2.30. The molecule has 5 nitrogen and oxygen atoms in total. The first kappa shape index (κ1) is 8.73. The molecule has 0 saturated carbocycles. The van der Waals surface area contributed by atoms with E-state index in [1.165, 1.54) is 17.4 Å². The molecule has 0 bridgehead atoms. The summed E-state index contributed by atoms with van der Waals surface area (Å²) < 4.78 is 0. The Bertz CT molecular complexity index is 213. The van der Waals surface area contributed by atoms with E-state index in [4.69, 9.17) is 5.11 Å². The van der Waals surface area contributed by atoms with Gasteiger partial charge in [0.15, 0.2) is 0 Å². The van der Waals surface area contributed by atoms with Gasteiger partial charge in [-0.25, -0.2) is 12.5 Å².